The topological polar surface area (TPSA) is 76.4 Å². The Morgan fingerprint density at radius 2 is 1.63 bits per heavy atom. The highest BCUT2D eigenvalue weighted by Gasteiger charge is 2.21. The third-order valence-electron chi connectivity index (χ3n) is 5.96. The maximum Gasteiger partial charge on any atom is 0.246 e. The van der Waals surface area contributed by atoms with E-state index < -0.39 is 0 Å². The Hall–Kier alpha value is -4.46. The van der Waals surface area contributed by atoms with Gasteiger partial charge in [-0.3, -0.25) is 4.79 Å². The van der Waals surface area contributed by atoms with Crippen molar-refractivity contribution in [3.8, 4) is 22.7 Å². The number of anilines is 1. The largest absolute Gasteiger partial charge is 0.496 e. The normalized spacial score (nSPS) is 13.9. The molecule has 4 aromatic rings. The van der Waals surface area contributed by atoms with E-state index in [1.54, 1.807) is 31.6 Å². The number of aromatic nitrogens is 4. The summed E-state index contributed by atoms with van der Waals surface area (Å²) in [7, 11) is 1.65. The molecule has 1 amide bonds. The highest BCUT2D eigenvalue weighted by atomic mass is 16.5. The first-order valence-corrected chi connectivity index (χ1v) is 11.5. The molecule has 1 saturated heterocycles. The lowest BCUT2D eigenvalue weighted by Gasteiger charge is -2.34. The van der Waals surface area contributed by atoms with Crippen molar-refractivity contribution in [1.29, 1.82) is 0 Å². The average molecular weight is 467 g/mol. The van der Waals surface area contributed by atoms with E-state index in [0.29, 0.717) is 32.1 Å². The molecule has 0 spiro atoms. The van der Waals surface area contributed by atoms with Gasteiger partial charge in [0.1, 0.15) is 11.4 Å². The minimum Gasteiger partial charge on any atom is -0.496 e. The van der Waals surface area contributed by atoms with Crippen molar-refractivity contribution in [3.63, 3.8) is 0 Å². The second kappa shape index (κ2) is 10.2. The van der Waals surface area contributed by atoms with Gasteiger partial charge in [0, 0.05) is 62.0 Å². The number of carbonyl (C=O) groups is 1. The molecule has 176 valence electrons. The van der Waals surface area contributed by atoms with Crippen LogP contribution in [0.1, 0.15) is 5.56 Å². The number of methoxy groups -OCH3 is 1. The molecule has 1 fully saturated rings. The van der Waals surface area contributed by atoms with Crippen LogP contribution in [0.15, 0.2) is 85.3 Å². The predicted molar refractivity (Wildman–Crippen MR) is 135 cm³/mol. The Balaban J connectivity index is 1.37. The molecule has 2 aromatic heterocycles. The zero-order chi connectivity index (χ0) is 24.0. The summed E-state index contributed by atoms with van der Waals surface area (Å²) < 4.78 is 7.40. The first-order valence-electron chi connectivity index (χ1n) is 11.5. The van der Waals surface area contributed by atoms with Gasteiger partial charge in [0.25, 0.3) is 0 Å². The summed E-state index contributed by atoms with van der Waals surface area (Å²) in [6, 6.07) is 19.5. The van der Waals surface area contributed by atoms with Crippen LogP contribution in [0, 0.1) is 0 Å². The van der Waals surface area contributed by atoms with Crippen molar-refractivity contribution in [2.24, 2.45) is 0 Å². The molecule has 35 heavy (non-hydrogen) atoms. The standard InChI is InChI=1S/C27H26N6O2/c1-35-24-11-6-5-10-23(24)26-21(20-33(30-26)22-8-3-2-4-9-22)12-13-25(34)31-16-18-32(19-17-31)27-28-14-7-15-29-27/h2-15,20H,16-19H2,1H3. The van der Waals surface area contributed by atoms with Gasteiger partial charge in [0.05, 0.1) is 12.8 Å². The quantitative estimate of drug-likeness (QED) is 0.404. The fraction of sp³-hybridized carbons (Fsp3) is 0.185. The van der Waals surface area contributed by atoms with Crippen LogP contribution in [-0.2, 0) is 4.79 Å². The smallest absolute Gasteiger partial charge is 0.246 e. The third kappa shape index (κ3) is 4.91. The number of rotatable bonds is 6. The number of para-hydroxylation sites is 2. The molecule has 8 nitrogen and oxygen atoms in total. The molecule has 0 bridgehead atoms. The summed E-state index contributed by atoms with van der Waals surface area (Å²) in [6.07, 6.45) is 8.86. The van der Waals surface area contributed by atoms with Crippen LogP contribution >= 0.6 is 0 Å². The molecule has 1 aliphatic rings. The van der Waals surface area contributed by atoms with Crippen LogP contribution in [0.3, 0.4) is 0 Å². The lowest BCUT2D eigenvalue weighted by Crippen LogP contribution is -2.48. The SMILES string of the molecule is COc1ccccc1-c1nn(-c2ccccc2)cc1C=CC(=O)N1CCN(c2ncccn2)CC1. The van der Waals surface area contributed by atoms with Crippen LogP contribution in [0.2, 0.25) is 0 Å². The van der Waals surface area contributed by atoms with Crippen molar-refractivity contribution in [3.05, 3.63) is 90.9 Å². The number of piperazine rings is 1. The number of ether oxygens (including phenoxy) is 1. The van der Waals surface area contributed by atoms with Gasteiger partial charge in [-0.25, -0.2) is 14.6 Å². The monoisotopic (exact) mass is 466 g/mol. The van der Waals surface area contributed by atoms with E-state index in [4.69, 9.17) is 9.84 Å². The third-order valence-corrected chi connectivity index (χ3v) is 5.96. The van der Waals surface area contributed by atoms with Gasteiger partial charge < -0.3 is 14.5 Å². The lowest BCUT2D eigenvalue weighted by atomic mass is 10.1. The highest BCUT2D eigenvalue weighted by molar-refractivity contribution is 5.93. The van der Waals surface area contributed by atoms with Gasteiger partial charge in [-0.1, -0.05) is 30.3 Å². The molecule has 1 aliphatic heterocycles. The van der Waals surface area contributed by atoms with Gasteiger partial charge in [-0.05, 0) is 36.4 Å². The van der Waals surface area contributed by atoms with E-state index in [2.05, 4.69) is 14.9 Å². The number of amides is 1. The molecule has 0 saturated carbocycles. The molecule has 0 aliphatic carbocycles. The summed E-state index contributed by atoms with van der Waals surface area (Å²) in [5.74, 6) is 1.40. The van der Waals surface area contributed by atoms with Crippen LogP contribution < -0.4 is 9.64 Å². The Bertz CT molecular complexity index is 1310. The van der Waals surface area contributed by atoms with Crippen molar-refractivity contribution < 1.29 is 9.53 Å². The Kier molecular flexibility index (Phi) is 6.52. The van der Waals surface area contributed by atoms with Crippen LogP contribution in [0.4, 0.5) is 5.95 Å². The highest BCUT2D eigenvalue weighted by Crippen LogP contribution is 2.32. The summed E-state index contributed by atoms with van der Waals surface area (Å²) >= 11 is 0. The zero-order valence-electron chi connectivity index (χ0n) is 19.5. The lowest BCUT2D eigenvalue weighted by molar-refractivity contribution is -0.126. The Morgan fingerprint density at radius 1 is 0.914 bits per heavy atom. The van der Waals surface area contributed by atoms with Gasteiger partial charge in [0.15, 0.2) is 0 Å². The molecular formula is C27H26N6O2. The summed E-state index contributed by atoms with van der Waals surface area (Å²) in [4.78, 5) is 25.6. The molecule has 0 unspecified atom stereocenters. The van der Waals surface area contributed by atoms with E-state index in [-0.39, 0.29) is 5.91 Å². The number of hydrogen-bond donors (Lipinski definition) is 0. The maximum absolute atomic E-state index is 13.0. The molecule has 3 heterocycles. The van der Waals surface area contributed by atoms with E-state index >= 15 is 0 Å². The molecule has 0 atom stereocenters. The van der Waals surface area contributed by atoms with Crippen LogP contribution in [0.25, 0.3) is 23.0 Å². The first-order chi connectivity index (χ1) is 17.2. The van der Waals surface area contributed by atoms with Crippen molar-refractivity contribution in [2.75, 3.05) is 38.2 Å². The number of benzene rings is 2. The number of carbonyl (C=O) groups excluding carboxylic acids is 1. The van der Waals surface area contributed by atoms with Gasteiger partial charge in [-0.2, -0.15) is 5.10 Å². The fourth-order valence-corrected chi connectivity index (χ4v) is 4.12. The van der Waals surface area contributed by atoms with Gasteiger partial charge >= 0.3 is 0 Å². The second-order valence-electron chi connectivity index (χ2n) is 8.11. The molecule has 8 heteroatoms. The molecule has 5 rings (SSSR count). The first kappa shape index (κ1) is 22.3. The van der Waals surface area contributed by atoms with Crippen molar-refractivity contribution in [1.82, 2.24) is 24.6 Å². The minimum absolute atomic E-state index is 0.0305. The predicted octanol–water partition coefficient (Wildman–Crippen LogP) is 3.70. The second-order valence-corrected chi connectivity index (χ2v) is 8.11. The van der Waals surface area contributed by atoms with Crippen molar-refractivity contribution >= 4 is 17.9 Å². The van der Waals surface area contributed by atoms with E-state index in [1.165, 1.54) is 0 Å². The molecule has 0 radical (unpaired) electrons. The number of hydrogen-bond acceptors (Lipinski definition) is 6. The fourth-order valence-electron chi connectivity index (χ4n) is 4.12. The van der Waals surface area contributed by atoms with Gasteiger partial charge in [-0.15, -0.1) is 0 Å². The minimum atomic E-state index is -0.0305. The maximum atomic E-state index is 13.0. The van der Waals surface area contributed by atoms with Crippen LogP contribution in [-0.4, -0.2) is 63.8 Å². The summed E-state index contributed by atoms with van der Waals surface area (Å²) in [5.41, 5.74) is 3.39. The summed E-state index contributed by atoms with van der Waals surface area (Å²) in [5, 5.41) is 4.83. The molecule has 0 N–H and O–H groups in total. The zero-order valence-corrected chi connectivity index (χ0v) is 19.5. The summed E-state index contributed by atoms with van der Waals surface area (Å²) in [6.45, 7) is 2.62. The van der Waals surface area contributed by atoms with Crippen molar-refractivity contribution in [2.45, 2.75) is 0 Å². The van der Waals surface area contributed by atoms with Crippen LogP contribution in [0.5, 0.6) is 5.75 Å². The molecule has 2 aromatic carbocycles. The van der Waals surface area contributed by atoms with E-state index in [9.17, 15) is 4.79 Å². The van der Waals surface area contributed by atoms with E-state index in [0.717, 1.165) is 28.3 Å². The molecular weight excluding hydrogens is 440 g/mol. The Morgan fingerprint density at radius 3 is 2.37 bits per heavy atom. The average Bonchev–Trinajstić information content (AvgIpc) is 3.37. The van der Waals surface area contributed by atoms with Gasteiger partial charge in [0.2, 0.25) is 11.9 Å². The van der Waals surface area contributed by atoms with E-state index in [1.807, 2.05) is 76.5 Å². The number of nitrogens with zero attached hydrogens (tertiary/aromatic N) is 6. The Labute approximate surface area is 204 Å².